The number of aromatic nitrogens is 1. The predicted octanol–water partition coefficient (Wildman–Crippen LogP) is 2.26. The molecule has 2 saturated carbocycles. The first-order chi connectivity index (χ1) is 12.1. The number of amides is 1. The van der Waals surface area contributed by atoms with Gasteiger partial charge in [-0.1, -0.05) is 12.1 Å². The van der Waals surface area contributed by atoms with Crippen molar-refractivity contribution in [3.05, 3.63) is 17.5 Å². The Bertz CT molecular complexity index is 604. The lowest BCUT2D eigenvalue weighted by Gasteiger charge is -2.43. The molecule has 0 radical (unpaired) electrons. The number of likely N-dealkylation sites (tertiary alicyclic amines) is 1. The minimum atomic E-state index is -0.0930. The number of nitrogens with zero attached hydrogens (tertiary/aromatic N) is 2. The highest BCUT2D eigenvalue weighted by Gasteiger charge is 2.33. The van der Waals surface area contributed by atoms with E-state index >= 15 is 0 Å². The van der Waals surface area contributed by atoms with Crippen LogP contribution in [0.15, 0.2) is 10.6 Å². The lowest BCUT2D eigenvalue weighted by atomic mass is 9.87. The fourth-order valence-electron chi connectivity index (χ4n) is 4.39. The van der Waals surface area contributed by atoms with Gasteiger partial charge in [-0.15, -0.1) is 0 Å². The van der Waals surface area contributed by atoms with Crippen molar-refractivity contribution in [2.45, 2.75) is 75.9 Å². The SMILES string of the molecule is C[C@H]1CN(C2CCC(N)CC2)CC[C@H]1NC(=O)c1cc(C2CC2)on1. The molecule has 138 valence electrons. The van der Waals surface area contributed by atoms with E-state index in [2.05, 4.69) is 22.3 Å². The van der Waals surface area contributed by atoms with Gasteiger partial charge in [0, 0.05) is 43.2 Å². The Labute approximate surface area is 149 Å². The van der Waals surface area contributed by atoms with Gasteiger partial charge in [-0.2, -0.15) is 0 Å². The standard InChI is InChI=1S/C19H30N4O2/c1-12-11-23(15-6-4-14(20)5-7-15)9-8-16(12)21-19(24)17-10-18(25-22-17)13-2-3-13/h10,12-16H,2-9,11,20H2,1H3,(H,21,24)/t12-,14?,15?,16+/m0/s1. The van der Waals surface area contributed by atoms with Crippen LogP contribution in [-0.4, -0.2) is 47.2 Å². The summed E-state index contributed by atoms with van der Waals surface area (Å²) in [7, 11) is 0. The van der Waals surface area contributed by atoms with Gasteiger partial charge in [0.05, 0.1) is 0 Å². The summed E-state index contributed by atoms with van der Waals surface area (Å²) in [4.78, 5) is 15.1. The molecule has 4 rings (SSSR count). The van der Waals surface area contributed by atoms with Gasteiger partial charge in [0.15, 0.2) is 5.69 Å². The molecule has 2 aliphatic carbocycles. The van der Waals surface area contributed by atoms with Gasteiger partial charge >= 0.3 is 0 Å². The molecular formula is C19H30N4O2. The minimum absolute atomic E-state index is 0.0930. The van der Waals surface area contributed by atoms with Crippen molar-refractivity contribution in [1.29, 1.82) is 0 Å². The highest BCUT2D eigenvalue weighted by Crippen LogP contribution is 2.40. The molecule has 0 aromatic carbocycles. The van der Waals surface area contributed by atoms with Crippen LogP contribution in [0.4, 0.5) is 0 Å². The van der Waals surface area contributed by atoms with Gasteiger partial charge < -0.3 is 15.6 Å². The summed E-state index contributed by atoms with van der Waals surface area (Å²) < 4.78 is 5.30. The molecule has 1 aromatic heterocycles. The van der Waals surface area contributed by atoms with Crippen LogP contribution >= 0.6 is 0 Å². The summed E-state index contributed by atoms with van der Waals surface area (Å²) in [5, 5.41) is 7.13. The van der Waals surface area contributed by atoms with Crippen LogP contribution in [0.25, 0.3) is 0 Å². The molecular weight excluding hydrogens is 316 g/mol. The molecule has 1 aromatic rings. The van der Waals surface area contributed by atoms with Crippen molar-refractivity contribution in [1.82, 2.24) is 15.4 Å². The summed E-state index contributed by atoms with van der Waals surface area (Å²) in [6.07, 6.45) is 8.02. The van der Waals surface area contributed by atoms with E-state index in [1.54, 1.807) is 0 Å². The second-order valence-corrected chi connectivity index (χ2v) is 8.30. The first-order valence-electron chi connectivity index (χ1n) is 9.87. The Morgan fingerprint density at radius 3 is 2.68 bits per heavy atom. The summed E-state index contributed by atoms with van der Waals surface area (Å²) in [6.45, 7) is 4.35. The number of nitrogens with two attached hydrogens (primary N) is 1. The third-order valence-electron chi connectivity index (χ3n) is 6.25. The highest BCUT2D eigenvalue weighted by atomic mass is 16.5. The third-order valence-corrected chi connectivity index (χ3v) is 6.25. The van der Waals surface area contributed by atoms with E-state index in [1.807, 2.05) is 6.07 Å². The van der Waals surface area contributed by atoms with E-state index in [1.165, 1.54) is 12.8 Å². The molecule has 0 bridgehead atoms. The highest BCUT2D eigenvalue weighted by molar-refractivity contribution is 5.92. The van der Waals surface area contributed by atoms with Crippen LogP contribution in [0, 0.1) is 5.92 Å². The molecule has 3 N–H and O–H groups in total. The second kappa shape index (κ2) is 7.08. The fraction of sp³-hybridized carbons (Fsp3) is 0.789. The summed E-state index contributed by atoms with van der Waals surface area (Å²) in [5.41, 5.74) is 6.46. The van der Waals surface area contributed by atoms with Gasteiger partial charge in [-0.25, -0.2) is 0 Å². The van der Waals surface area contributed by atoms with E-state index in [9.17, 15) is 4.79 Å². The molecule has 1 aliphatic heterocycles. The van der Waals surface area contributed by atoms with Crippen molar-refractivity contribution < 1.29 is 9.32 Å². The average molecular weight is 346 g/mol. The number of nitrogens with one attached hydrogen (secondary N) is 1. The lowest BCUT2D eigenvalue weighted by Crippen LogP contribution is -2.53. The van der Waals surface area contributed by atoms with E-state index in [0.717, 1.165) is 51.0 Å². The van der Waals surface area contributed by atoms with Gasteiger partial charge in [-0.3, -0.25) is 9.69 Å². The molecule has 3 fully saturated rings. The third kappa shape index (κ3) is 3.90. The summed E-state index contributed by atoms with van der Waals surface area (Å²) >= 11 is 0. The van der Waals surface area contributed by atoms with Gasteiger partial charge in [0.1, 0.15) is 5.76 Å². The first kappa shape index (κ1) is 17.0. The van der Waals surface area contributed by atoms with E-state index < -0.39 is 0 Å². The van der Waals surface area contributed by atoms with E-state index in [-0.39, 0.29) is 11.9 Å². The fourth-order valence-corrected chi connectivity index (χ4v) is 4.39. The van der Waals surface area contributed by atoms with E-state index in [4.69, 9.17) is 10.3 Å². The molecule has 2 heterocycles. The summed E-state index contributed by atoms with van der Waals surface area (Å²) in [5.74, 6) is 1.70. The van der Waals surface area contributed by atoms with Gasteiger partial charge in [0.25, 0.3) is 5.91 Å². The number of hydrogen-bond donors (Lipinski definition) is 2. The zero-order valence-electron chi connectivity index (χ0n) is 15.1. The van der Waals surface area contributed by atoms with Crippen molar-refractivity contribution in [3.8, 4) is 0 Å². The monoisotopic (exact) mass is 346 g/mol. The smallest absolute Gasteiger partial charge is 0.273 e. The average Bonchev–Trinajstić information content (AvgIpc) is 3.34. The summed E-state index contributed by atoms with van der Waals surface area (Å²) in [6, 6.07) is 3.11. The maximum atomic E-state index is 12.5. The van der Waals surface area contributed by atoms with Crippen LogP contribution in [0.5, 0.6) is 0 Å². The lowest BCUT2D eigenvalue weighted by molar-refractivity contribution is 0.0702. The van der Waals surface area contributed by atoms with Crippen LogP contribution in [0.3, 0.4) is 0 Å². The molecule has 2 atom stereocenters. The van der Waals surface area contributed by atoms with Gasteiger partial charge in [-0.05, 0) is 50.9 Å². The number of rotatable bonds is 4. The Morgan fingerprint density at radius 1 is 1.24 bits per heavy atom. The Morgan fingerprint density at radius 2 is 2.00 bits per heavy atom. The van der Waals surface area contributed by atoms with Crippen molar-refractivity contribution in [2.75, 3.05) is 13.1 Å². The maximum absolute atomic E-state index is 12.5. The van der Waals surface area contributed by atoms with Crippen molar-refractivity contribution in [2.24, 2.45) is 11.7 Å². The predicted molar refractivity (Wildman–Crippen MR) is 95.3 cm³/mol. The second-order valence-electron chi connectivity index (χ2n) is 8.30. The Hall–Kier alpha value is -1.40. The van der Waals surface area contributed by atoms with Crippen molar-refractivity contribution >= 4 is 5.91 Å². The van der Waals surface area contributed by atoms with Crippen LogP contribution in [-0.2, 0) is 0 Å². The molecule has 6 nitrogen and oxygen atoms in total. The van der Waals surface area contributed by atoms with Crippen molar-refractivity contribution in [3.63, 3.8) is 0 Å². The topological polar surface area (TPSA) is 84.4 Å². The Balaban J connectivity index is 1.29. The first-order valence-corrected chi connectivity index (χ1v) is 9.87. The molecule has 3 aliphatic rings. The quantitative estimate of drug-likeness (QED) is 0.873. The number of hydrogen-bond acceptors (Lipinski definition) is 5. The van der Waals surface area contributed by atoms with Crippen LogP contribution in [0.2, 0.25) is 0 Å². The molecule has 0 unspecified atom stereocenters. The molecule has 1 amide bonds. The zero-order chi connectivity index (χ0) is 17.4. The number of carbonyl (C=O) groups excluding carboxylic acids is 1. The van der Waals surface area contributed by atoms with Crippen LogP contribution < -0.4 is 11.1 Å². The largest absolute Gasteiger partial charge is 0.360 e. The van der Waals surface area contributed by atoms with Crippen LogP contribution in [0.1, 0.15) is 74.0 Å². The molecule has 25 heavy (non-hydrogen) atoms. The maximum Gasteiger partial charge on any atom is 0.273 e. The number of piperidine rings is 1. The minimum Gasteiger partial charge on any atom is -0.360 e. The van der Waals surface area contributed by atoms with E-state index in [0.29, 0.717) is 29.6 Å². The number of carbonyl (C=O) groups is 1. The molecule has 6 heteroatoms. The normalized spacial score (nSPS) is 34.0. The molecule has 1 saturated heterocycles. The zero-order valence-corrected chi connectivity index (χ0v) is 15.1. The molecule has 0 spiro atoms. The Kier molecular flexibility index (Phi) is 4.82. The van der Waals surface area contributed by atoms with Gasteiger partial charge in [0.2, 0.25) is 0 Å².